The standard InChI is InChI=1S/C12H13N7/c1-7-3-2-4-14-9(7)6-15-10-8-5-16-19-11(8)18-12(13)17-10/h2-5H,6H2,1H3,(H4,13,15,16,17,18,19). The molecule has 3 rings (SSSR count). The third kappa shape index (κ3) is 2.17. The van der Waals surface area contributed by atoms with Gasteiger partial charge in [0.2, 0.25) is 5.95 Å². The molecule has 0 aliphatic rings. The second-order valence-electron chi connectivity index (χ2n) is 4.18. The monoisotopic (exact) mass is 255 g/mol. The number of anilines is 2. The van der Waals surface area contributed by atoms with Gasteiger partial charge in [-0.15, -0.1) is 0 Å². The lowest BCUT2D eigenvalue weighted by Gasteiger charge is -2.08. The van der Waals surface area contributed by atoms with Crippen LogP contribution in [0.1, 0.15) is 11.3 Å². The van der Waals surface area contributed by atoms with Crippen LogP contribution in [0.5, 0.6) is 0 Å². The Kier molecular flexibility index (Phi) is 2.71. The first kappa shape index (κ1) is 11.4. The van der Waals surface area contributed by atoms with Crippen LogP contribution in [0.2, 0.25) is 0 Å². The molecule has 3 heterocycles. The number of aryl methyl sites for hydroxylation is 1. The number of hydrogen-bond acceptors (Lipinski definition) is 6. The highest BCUT2D eigenvalue weighted by Crippen LogP contribution is 2.19. The lowest BCUT2D eigenvalue weighted by atomic mass is 10.2. The first-order chi connectivity index (χ1) is 9.24. The van der Waals surface area contributed by atoms with Gasteiger partial charge in [0.1, 0.15) is 5.82 Å². The first-order valence-corrected chi connectivity index (χ1v) is 5.85. The van der Waals surface area contributed by atoms with E-state index in [2.05, 4.69) is 30.5 Å². The van der Waals surface area contributed by atoms with Gasteiger partial charge in [-0.25, -0.2) is 0 Å². The second kappa shape index (κ2) is 4.52. The van der Waals surface area contributed by atoms with Crippen molar-refractivity contribution in [3.63, 3.8) is 0 Å². The van der Waals surface area contributed by atoms with Gasteiger partial charge in [-0.1, -0.05) is 6.07 Å². The average molecular weight is 255 g/mol. The number of aromatic amines is 1. The fraction of sp³-hybridized carbons (Fsp3) is 0.167. The zero-order valence-corrected chi connectivity index (χ0v) is 10.4. The number of nitrogens with one attached hydrogen (secondary N) is 2. The molecule has 7 heteroatoms. The van der Waals surface area contributed by atoms with Crippen LogP contribution in [0, 0.1) is 6.92 Å². The molecule has 0 saturated carbocycles. The number of H-pyrrole nitrogens is 1. The van der Waals surface area contributed by atoms with Crippen LogP contribution >= 0.6 is 0 Å². The van der Waals surface area contributed by atoms with Crippen LogP contribution in [0.3, 0.4) is 0 Å². The van der Waals surface area contributed by atoms with E-state index in [9.17, 15) is 0 Å². The smallest absolute Gasteiger partial charge is 0.224 e. The minimum Gasteiger partial charge on any atom is -0.368 e. The molecule has 3 aromatic rings. The van der Waals surface area contributed by atoms with Crippen molar-refractivity contribution in [3.8, 4) is 0 Å². The van der Waals surface area contributed by atoms with Crippen molar-refractivity contribution in [3.05, 3.63) is 35.8 Å². The number of hydrogen-bond donors (Lipinski definition) is 3. The Morgan fingerprint density at radius 3 is 3.11 bits per heavy atom. The predicted octanol–water partition coefficient (Wildman–Crippen LogP) is 1.25. The maximum atomic E-state index is 5.66. The Morgan fingerprint density at radius 2 is 2.26 bits per heavy atom. The highest BCUT2D eigenvalue weighted by molar-refractivity contribution is 5.86. The zero-order chi connectivity index (χ0) is 13.2. The molecule has 0 atom stereocenters. The second-order valence-corrected chi connectivity index (χ2v) is 4.18. The van der Waals surface area contributed by atoms with E-state index in [1.165, 1.54) is 0 Å². The van der Waals surface area contributed by atoms with E-state index in [4.69, 9.17) is 5.73 Å². The Morgan fingerprint density at radius 1 is 1.37 bits per heavy atom. The van der Waals surface area contributed by atoms with Crippen LogP contribution in [-0.4, -0.2) is 25.1 Å². The molecule has 0 saturated heterocycles. The summed E-state index contributed by atoms with van der Waals surface area (Å²) >= 11 is 0. The van der Waals surface area contributed by atoms with E-state index in [-0.39, 0.29) is 5.95 Å². The summed E-state index contributed by atoms with van der Waals surface area (Å²) < 4.78 is 0. The molecular weight excluding hydrogens is 242 g/mol. The van der Waals surface area contributed by atoms with Crippen LogP contribution in [-0.2, 0) is 6.54 Å². The van der Waals surface area contributed by atoms with E-state index < -0.39 is 0 Å². The Bertz CT molecular complexity index is 719. The SMILES string of the molecule is Cc1cccnc1CNc1nc(N)nc2[nH]ncc12. The largest absolute Gasteiger partial charge is 0.368 e. The van der Waals surface area contributed by atoms with Crippen LogP contribution in [0.15, 0.2) is 24.5 Å². The van der Waals surface area contributed by atoms with Crippen molar-refractivity contribution in [2.45, 2.75) is 13.5 Å². The summed E-state index contributed by atoms with van der Waals surface area (Å²) in [6.45, 7) is 2.59. The fourth-order valence-electron chi connectivity index (χ4n) is 1.86. The van der Waals surface area contributed by atoms with Gasteiger partial charge < -0.3 is 11.1 Å². The van der Waals surface area contributed by atoms with Gasteiger partial charge in [-0.3, -0.25) is 10.1 Å². The van der Waals surface area contributed by atoms with Gasteiger partial charge in [0, 0.05) is 6.20 Å². The van der Waals surface area contributed by atoms with Crippen molar-refractivity contribution < 1.29 is 0 Å². The molecule has 0 spiro atoms. The maximum absolute atomic E-state index is 5.66. The average Bonchev–Trinajstić information content (AvgIpc) is 2.85. The molecule has 0 aromatic carbocycles. The van der Waals surface area contributed by atoms with Crippen molar-refractivity contribution in [1.29, 1.82) is 0 Å². The molecule has 0 radical (unpaired) electrons. The quantitative estimate of drug-likeness (QED) is 0.650. The molecule has 0 amide bonds. The summed E-state index contributed by atoms with van der Waals surface area (Å²) in [4.78, 5) is 12.6. The van der Waals surface area contributed by atoms with E-state index in [0.29, 0.717) is 18.0 Å². The topological polar surface area (TPSA) is 105 Å². The molecule has 0 bridgehead atoms. The Balaban J connectivity index is 1.90. The van der Waals surface area contributed by atoms with Gasteiger partial charge >= 0.3 is 0 Å². The van der Waals surface area contributed by atoms with Crippen LogP contribution in [0.4, 0.5) is 11.8 Å². The third-order valence-corrected chi connectivity index (χ3v) is 2.87. The fourth-order valence-corrected chi connectivity index (χ4v) is 1.86. The molecule has 7 nitrogen and oxygen atoms in total. The molecule has 96 valence electrons. The number of pyridine rings is 1. The lowest BCUT2D eigenvalue weighted by molar-refractivity contribution is 1.01. The molecule has 4 N–H and O–H groups in total. The number of aromatic nitrogens is 5. The summed E-state index contributed by atoms with van der Waals surface area (Å²) in [7, 11) is 0. The Hall–Kier alpha value is -2.70. The molecule has 19 heavy (non-hydrogen) atoms. The molecule has 0 unspecified atom stereocenters. The van der Waals surface area contributed by atoms with Gasteiger partial charge in [-0.05, 0) is 18.6 Å². The van der Waals surface area contributed by atoms with Crippen LogP contribution in [0.25, 0.3) is 11.0 Å². The number of nitrogen functional groups attached to an aromatic ring is 1. The van der Waals surface area contributed by atoms with E-state index in [0.717, 1.165) is 16.6 Å². The molecule has 3 aromatic heterocycles. The minimum atomic E-state index is 0.206. The van der Waals surface area contributed by atoms with Gasteiger partial charge in [0.15, 0.2) is 5.65 Å². The maximum Gasteiger partial charge on any atom is 0.224 e. The molecule has 0 fully saturated rings. The van der Waals surface area contributed by atoms with Crippen molar-refractivity contribution in [2.75, 3.05) is 11.1 Å². The van der Waals surface area contributed by atoms with E-state index >= 15 is 0 Å². The van der Waals surface area contributed by atoms with E-state index in [1.807, 2.05) is 19.1 Å². The number of nitrogens with two attached hydrogens (primary N) is 1. The first-order valence-electron chi connectivity index (χ1n) is 5.85. The highest BCUT2D eigenvalue weighted by Gasteiger charge is 2.08. The summed E-state index contributed by atoms with van der Waals surface area (Å²) in [5.41, 5.74) is 8.37. The van der Waals surface area contributed by atoms with Crippen LogP contribution < -0.4 is 11.1 Å². The predicted molar refractivity (Wildman–Crippen MR) is 72.4 cm³/mol. The summed E-state index contributed by atoms with van der Waals surface area (Å²) in [5, 5.41) is 10.7. The van der Waals surface area contributed by atoms with Crippen molar-refractivity contribution in [2.24, 2.45) is 0 Å². The van der Waals surface area contributed by atoms with Gasteiger partial charge in [-0.2, -0.15) is 15.1 Å². The highest BCUT2D eigenvalue weighted by atomic mass is 15.2. The Labute approximate surface area is 109 Å². The molecule has 0 aliphatic heterocycles. The van der Waals surface area contributed by atoms with E-state index in [1.54, 1.807) is 12.4 Å². The van der Waals surface area contributed by atoms with Gasteiger partial charge in [0.05, 0.1) is 23.8 Å². The summed E-state index contributed by atoms with van der Waals surface area (Å²) in [6.07, 6.45) is 3.44. The minimum absolute atomic E-state index is 0.206. The van der Waals surface area contributed by atoms with Gasteiger partial charge in [0.25, 0.3) is 0 Å². The lowest BCUT2D eigenvalue weighted by Crippen LogP contribution is -2.07. The number of nitrogens with zero attached hydrogens (tertiary/aromatic N) is 4. The van der Waals surface area contributed by atoms with Crippen molar-refractivity contribution >= 4 is 22.8 Å². The normalized spacial score (nSPS) is 10.8. The number of rotatable bonds is 3. The molecular formula is C12H13N7. The third-order valence-electron chi connectivity index (χ3n) is 2.87. The van der Waals surface area contributed by atoms with Crippen molar-refractivity contribution in [1.82, 2.24) is 25.1 Å². The number of fused-ring (bicyclic) bond motifs is 1. The summed E-state index contributed by atoms with van der Waals surface area (Å²) in [5.74, 6) is 0.860. The summed E-state index contributed by atoms with van der Waals surface area (Å²) in [6, 6.07) is 3.93. The zero-order valence-electron chi connectivity index (χ0n) is 10.4. The molecule has 0 aliphatic carbocycles.